The minimum atomic E-state index is 1.17. The van der Waals surface area contributed by atoms with E-state index in [0.717, 1.165) is 0 Å². The molecule has 0 unspecified atom stereocenters. The second-order valence-electron chi connectivity index (χ2n) is 14.9. The van der Waals surface area contributed by atoms with Crippen molar-refractivity contribution >= 4 is 75.1 Å². The number of hydrogen-bond donors (Lipinski definition) is 0. The molecule has 2 nitrogen and oxygen atoms in total. The highest BCUT2D eigenvalue weighted by Crippen LogP contribution is 2.42. The SMILES string of the molecule is c1ccc(-c2ccc3c(c2)c2cc(-c4ccc5c(c4)c4ccccc4n5-c4ccc5c(c4)sc4ccccc45)ccc2n3-c2ccccc2-c2ccccc2)cc1. The van der Waals surface area contributed by atoms with Gasteiger partial charge in [0.2, 0.25) is 0 Å². The van der Waals surface area contributed by atoms with E-state index in [-0.39, 0.29) is 0 Å². The van der Waals surface area contributed by atoms with Gasteiger partial charge in [0.25, 0.3) is 0 Å². The molecule has 0 aliphatic rings. The van der Waals surface area contributed by atoms with Crippen LogP contribution in [-0.4, -0.2) is 9.13 Å². The van der Waals surface area contributed by atoms with Crippen LogP contribution in [0.15, 0.2) is 206 Å². The first-order valence-corrected chi connectivity index (χ1v) is 20.3. The van der Waals surface area contributed by atoms with Crippen LogP contribution in [0.5, 0.6) is 0 Å². The zero-order valence-electron chi connectivity index (χ0n) is 30.9. The highest BCUT2D eigenvalue weighted by Gasteiger charge is 2.19. The maximum Gasteiger partial charge on any atom is 0.0541 e. The fourth-order valence-electron chi connectivity index (χ4n) is 9.09. The maximum absolute atomic E-state index is 2.45. The molecule has 0 saturated carbocycles. The van der Waals surface area contributed by atoms with Crippen LogP contribution in [0.3, 0.4) is 0 Å². The molecule has 0 saturated heterocycles. The molecule has 3 heteroatoms. The van der Waals surface area contributed by atoms with Crippen molar-refractivity contribution in [1.82, 2.24) is 9.13 Å². The zero-order chi connectivity index (χ0) is 37.5. The van der Waals surface area contributed by atoms with Gasteiger partial charge in [0.15, 0.2) is 0 Å². The third kappa shape index (κ3) is 5.03. The normalized spacial score (nSPS) is 11.9. The quantitative estimate of drug-likeness (QED) is 0.166. The number of thiophene rings is 1. The van der Waals surface area contributed by atoms with Crippen molar-refractivity contribution in [2.45, 2.75) is 0 Å². The third-order valence-corrected chi connectivity index (χ3v) is 12.9. The molecule has 12 rings (SSSR count). The number of nitrogens with zero attached hydrogens (tertiary/aromatic N) is 2. The number of aromatic nitrogens is 2. The van der Waals surface area contributed by atoms with Gasteiger partial charge in [-0.2, -0.15) is 0 Å². The van der Waals surface area contributed by atoms with Crippen molar-refractivity contribution in [1.29, 1.82) is 0 Å². The highest BCUT2D eigenvalue weighted by molar-refractivity contribution is 7.25. The lowest BCUT2D eigenvalue weighted by atomic mass is 9.99. The summed E-state index contributed by atoms with van der Waals surface area (Å²) < 4.78 is 7.53. The van der Waals surface area contributed by atoms with Crippen molar-refractivity contribution in [3.05, 3.63) is 206 Å². The van der Waals surface area contributed by atoms with Crippen LogP contribution >= 0.6 is 11.3 Å². The van der Waals surface area contributed by atoms with Crippen molar-refractivity contribution in [2.75, 3.05) is 0 Å². The van der Waals surface area contributed by atoms with E-state index in [4.69, 9.17) is 0 Å². The van der Waals surface area contributed by atoms with Gasteiger partial charge in [-0.1, -0.05) is 140 Å². The van der Waals surface area contributed by atoms with Crippen LogP contribution in [0.2, 0.25) is 0 Å². The minimum absolute atomic E-state index is 1.17. The van der Waals surface area contributed by atoms with Gasteiger partial charge in [-0.3, -0.25) is 0 Å². The molecule has 0 spiro atoms. The molecule has 0 fully saturated rings. The third-order valence-electron chi connectivity index (χ3n) is 11.7. The Morgan fingerprint density at radius 3 is 1.51 bits per heavy atom. The Kier molecular flexibility index (Phi) is 7.13. The molecule has 0 atom stereocenters. The van der Waals surface area contributed by atoms with E-state index in [1.54, 1.807) is 0 Å². The summed E-state index contributed by atoms with van der Waals surface area (Å²) in [6.07, 6.45) is 0. The van der Waals surface area contributed by atoms with E-state index in [1.165, 1.54) is 109 Å². The largest absolute Gasteiger partial charge is 0.309 e. The second kappa shape index (κ2) is 12.7. The van der Waals surface area contributed by atoms with E-state index < -0.39 is 0 Å². The molecule has 0 bridgehead atoms. The van der Waals surface area contributed by atoms with E-state index >= 15 is 0 Å². The Labute approximate surface area is 333 Å². The number of para-hydroxylation sites is 2. The average Bonchev–Trinajstić information content (AvgIpc) is 3.93. The Bertz CT molecular complexity index is 3510. The van der Waals surface area contributed by atoms with E-state index in [9.17, 15) is 0 Å². The molecule has 0 amide bonds. The van der Waals surface area contributed by atoms with Gasteiger partial charge in [-0.05, 0) is 94.5 Å². The monoisotopic (exact) mass is 742 g/mol. The molecular formula is C54H34N2S. The van der Waals surface area contributed by atoms with Gasteiger partial charge < -0.3 is 9.13 Å². The number of hydrogen-bond acceptors (Lipinski definition) is 1. The van der Waals surface area contributed by atoms with Gasteiger partial charge in [0.05, 0.1) is 27.8 Å². The smallest absolute Gasteiger partial charge is 0.0541 e. The molecular weight excluding hydrogens is 709 g/mol. The van der Waals surface area contributed by atoms with Gasteiger partial charge in [-0.25, -0.2) is 0 Å². The van der Waals surface area contributed by atoms with Crippen molar-refractivity contribution in [3.8, 4) is 44.8 Å². The average molecular weight is 743 g/mol. The molecule has 0 aliphatic heterocycles. The predicted octanol–water partition coefficient (Wildman–Crippen LogP) is 15.2. The number of fused-ring (bicyclic) bond motifs is 9. The molecule has 3 aromatic heterocycles. The lowest BCUT2D eigenvalue weighted by Gasteiger charge is -2.14. The van der Waals surface area contributed by atoms with Crippen LogP contribution in [0.4, 0.5) is 0 Å². The van der Waals surface area contributed by atoms with Crippen LogP contribution in [0.25, 0.3) is 109 Å². The Morgan fingerprint density at radius 1 is 0.281 bits per heavy atom. The first-order chi connectivity index (χ1) is 28.3. The van der Waals surface area contributed by atoms with Crippen molar-refractivity contribution < 1.29 is 0 Å². The molecule has 0 radical (unpaired) electrons. The van der Waals surface area contributed by atoms with Crippen LogP contribution in [0, 0.1) is 0 Å². The predicted molar refractivity (Wildman–Crippen MR) is 244 cm³/mol. The summed E-state index contributed by atoms with van der Waals surface area (Å²) in [6.45, 7) is 0. The molecule has 57 heavy (non-hydrogen) atoms. The van der Waals surface area contributed by atoms with Gasteiger partial charge in [0.1, 0.15) is 0 Å². The Hall–Kier alpha value is -7.20. The minimum Gasteiger partial charge on any atom is -0.309 e. The summed E-state index contributed by atoms with van der Waals surface area (Å²) >= 11 is 1.87. The van der Waals surface area contributed by atoms with Crippen LogP contribution < -0.4 is 0 Å². The summed E-state index contributed by atoms with van der Waals surface area (Å²) in [7, 11) is 0. The maximum atomic E-state index is 2.45. The zero-order valence-corrected chi connectivity index (χ0v) is 31.7. The summed E-state index contributed by atoms with van der Waals surface area (Å²) in [5.74, 6) is 0. The fourth-order valence-corrected chi connectivity index (χ4v) is 10.2. The Balaban J connectivity index is 1.06. The lowest BCUT2D eigenvalue weighted by Crippen LogP contribution is -1.97. The molecule has 266 valence electrons. The second-order valence-corrected chi connectivity index (χ2v) is 16.0. The molecule has 12 aromatic rings. The standard InChI is InChI=1S/C54H34N2S/c1-3-13-35(14-4-1)37-23-29-51-46(31-37)47-33-39(25-30-52(47)56(51)48-20-10-7-17-41(48)36-15-5-2-6-16-36)38-24-28-50-45(32-38)42-18-8-11-21-49(42)55(50)40-26-27-44-43-19-9-12-22-53(43)57-54(44)34-40/h1-34H. The number of benzene rings is 9. The summed E-state index contributed by atoms with van der Waals surface area (Å²) in [6, 6.07) is 75.7. The van der Waals surface area contributed by atoms with E-state index in [2.05, 4.69) is 215 Å². The first-order valence-electron chi connectivity index (χ1n) is 19.5. The van der Waals surface area contributed by atoms with Crippen molar-refractivity contribution in [3.63, 3.8) is 0 Å². The molecule has 0 aliphatic carbocycles. The van der Waals surface area contributed by atoms with Gasteiger partial charge >= 0.3 is 0 Å². The van der Waals surface area contributed by atoms with E-state index in [1.807, 2.05) is 11.3 Å². The summed E-state index contributed by atoms with van der Waals surface area (Å²) in [5.41, 5.74) is 14.4. The van der Waals surface area contributed by atoms with Gasteiger partial charge in [-0.15, -0.1) is 11.3 Å². The molecule has 0 N–H and O–H groups in total. The first kappa shape index (κ1) is 32.1. The summed E-state index contributed by atoms with van der Waals surface area (Å²) in [4.78, 5) is 0. The van der Waals surface area contributed by atoms with E-state index in [0.29, 0.717) is 0 Å². The molecule has 3 heterocycles. The van der Waals surface area contributed by atoms with Crippen molar-refractivity contribution in [2.24, 2.45) is 0 Å². The Morgan fingerprint density at radius 2 is 0.789 bits per heavy atom. The number of rotatable bonds is 5. The lowest BCUT2D eigenvalue weighted by molar-refractivity contribution is 1.18. The topological polar surface area (TPSA) is 9.86 Å². The molecule has 9 aromatic carbocycles. The van der Waals surface area contributed by atoms with Crippen LogP contribution in [0.1, 0.15) is 0 Å². The fraction of sp³-hybridized carbons (Fsp3) is 0. The van der Waals surface area contributed by atoms with Crippen LogP contribution in [-0.2, 0) is 0 Å². The summed E-state index contributed by atoms with van der Waals surface area (Å²) in [5, 5.41) is 7.64. The van der Waals surface area contributed by atoms with Gasteiger partial charge in [0, 0.05) is 53.0 Å². The highest BCUT2D eigenvalue weighted by atomic mass is 32.1.